The van der Waals surface area contributed by atoms with Crippen molar-refractivity contribution in [3.63, 3.8) is 0 Å². The van der Waals surface area contributed by atoms with Crippen LogP contribution in [0, 0.1) is 29.1 Å². The van der Waals surface area contributed by atoms with Gasteiger partial charge < -0.3 is 4.42 Å². The lowest BCUT2D eigenvalue weighted by Crippen LogP contribution is -2.48. The van der Waals surface area contributed by atoms with Gasteiger partial charge in [-0.2, -0.15) is 5.26 Å². The van der Waals surface area contributed by atoms with Gasteiger partial charge in [0.25, 0.3) is 0 Å². The van der Waals surface area contributed by atoms with E-state index in [0.717, 1.165) is 67.5 Å². The van der Waals surface area contributed by atoms with Gasteiger partial charge in [-0.05, 0) is 121 Å². The summed E-state index contributed by atoms with van der Waals surface area (Å²) in [7, 11) is 0. The van der Waals surface area contributed by atoms with Crippen molar-refractivity contribution in [1.82, 2.24) is 15.0 Å². The Labute approximate surface area is 285 Å². The zero-order chi connectivity index (χ0) is 32.5. The molecular weight excluding hydrogens is 601 g/mol. The topological polar surface area (TPSA) is 75.6 Å². The van der Waals surface area contributed by atoms with E-state index >= 15 is 0 Å². The monoisotopic (exact) mass is 634 g/mol. The normalized spacial score (nSPS) is 22.5. The second-order valence-electron chi connectivity index (χ2n) is 14.7. The van der Waals surface area contributed by atoms with Gasteiger partial charge in [-0.15, -0.1) is 0 Å². The molecule has 11 rings (SSSR count). The number of para-hydroxylation sites is 1. The number of aromatic nitrogens is 3. The van der Waals surface area contributed by atoms with Gasteiger partial charge in [0, 0.05) is 27.5 Å². The van der Waals surface area contributed by atoms with Gasteiger partial charge in [0.05, 0.1) is 11.6 Å². The van der Waals surface area contributed by atoms with E-state index in [-0.39, 0.29) is 0 Å². The SMILES string of the molecule is N#Cc1cc(-c2cccc(C34C[C@H]5C[C@@H](C3)C[C@@H](C4)C5)c2)cc(-c2nc(-c3ccccc3)nc(-c3ccc4oc5ccccc5c4c3)n2)c1. The van der Waals surface area contributed by atoms with E-state index in [1.165, 1.54) is 44.1 Å². The minimum absolute atomic E-state index is 0.301. The number of hydrogen-bond acceptors (Lipinski definition) is 5. The van der Waals surface area contributed by atoms with Crippen LogP contribution in [0.2, 0.25) is 0 Å². The highest BCUT2D eigenvalue weighted by Gasteiger charge is 2.51. The van der Waals surface area contributed by atoms with Gasteiger partial charge in [0.1, 0.15) is 11.2 Å². The van der Waals surface area contributed by atoms with E-state index in [1.54, 1.807) is 0 Å². The van der Waals surface area contributed by atoms with Gasteiger partial charge in [-0.25, -0.2) is 15.0 Å². The summed E-state index contributed by atoms with van der Waals surface area (Å²) >= 11 is 0. The van der Waals surface area contributed by atoms with Gasteiger partial charge in [0.15, 0.2) is 17.5 Å². The van der Waals surface area contributed by atoms with Crippen LogP contribution in [0.3, 0.4) is 0 Å². The summed E-state index contributed by atoms with van der Waals surface area (Å²) in [5.41, 5.74) is 8.76. The van der Waals surface area contributed by atoms with E-state index in [0.29, 0.717) is 28.5 Å². The molecule has 0 amide bonds. The molecule has 4 saturated carbocycles. The molecule has 0 atom stereocenters. The lowest BCUT2D eigenvalue weighted by atomic mass is 9.48. The van der Waals surface area contributed by atoms with Crippen molar-refractivity contribution in [2.75, 3.05) is 0 Å². The highest BCUT2D eigenvalue weighted by molar-refractivity contribution is 6.06. The molecule has 4 aliphatic rings. The third-order valence-corrected chi connectivity index (χ3v) is 11.5. The molecule has 49 heavy (non-hydrogen) atoms. The van der Waals surface area contributed by atoms with E-state index in [9.17, 15) is 5.26 Å². The maximum absolute atomic E-state index is 10.2. The Morgan fingerprint density at radius 3 is 1.92 bits per heavy atom. The van der Waals surface area contributed by atoms with Gasteiger partial charge in [-0.3, -0.25) is 0 Å². The van der Waals surface area contributed by atoms with Crippen LogP contribution >= 0.6 is 0 Å². The maximum Gasteiger partial charge on any atom is 0.164 e. The molecule has 2 aromatic heterocycles. The summed E-state index contributed by atoms with van der Waals surface area (Å²) in [6.45, 7) is 0. The first-order chi connectivity index (χ1) is 24.1. The predicted octanol–water partition coefficient (Wildman–Crippen LogP) is 10.8. The molecule has 4 aliphatic carbocycles. The lowest BCUT2D eigenvalue weighted by Gasteiger charge is -2.57. The second kappa shape index (κ2) is 11.0. The van der Waals surface area contributed by atoms with Gasteiger partial charge >= 0.3 is 0 Å². The van der Waals surface area contributed by atoms with Crippen LogP contribution in [0.15, 0.2) is 120 Å². The molecule has 0 saturated heterocycles. The summed E-state index contributed by atoms with van der Waals surface area (Å²) in [4.78, 5) is 15.0. The fraction of sp³-hybridized carbons (Fsp3) is 0.227. The van der Waals surface area contributed by atoms with Crippen LogP contribution in [0.25, 0.3) is 67.2 Å². The highest BCUT2D eigenvalue weighted by atomic mass is 16.3. The number of nitrogens with zero attached hydrogens (tertiary/aromatic N) is 4. The number of fused-ring (bicyclic) bond motifs is 3. The van der Waals surface area contributed by atoms with Crippen LogP contribution in [0.1, 0.15) is 49.7 Å². The molecule has 5 nitrogen and oxygen atoms in total. The lowest BCUT2D eigenvalue weighted by molar-refractivity contribution is -0.00516. The molecule has 0 aliphatic heterocycles. The van der Waals surface area contributed by atoms with Crippen LogP contribution in [-0.2, 0) is 5.41 Å². The Kier molecular flexibility index (Phi) is 6.36. The zero-order valence-electron chi connectivity index (χ0n) is 27.1. The summed E-state index contributed by atoms with van der Waals surface area (Å²) < 4.78 is 6.10. The number of benzene rings is 5. The summed E-state index contributed by atoms with van der Waals surface area (Å²) in [6.07, 6.45) is 8.25. The number of rotatable bonds is 5. The summed E-state index contributed by atoms with van der Waals surface area (Å²) in [5.74, 6) is 4.35. The smallest absolute Gasteiger partial charge is 0.164 e. The molecule has 0 radical (unpaired) electrons. The molecular formula is C44H34N4O. The van der Waals surface area contributed by atoms with Crippen molar-refractivity contribution in [3.8, 4) is 51.4 Å². The molecule has 4 fully saturated rings. The minimum Gasteiger partial charge on any atom is -0.456 e. The van der Waals surface area contributed by atoms with Crippen molar-refractivity contribution >= 4 is 21.9 Å². The average molecular weight is 635 g/mol. The molecule has 5 aromatic carbocycles. The van der Waals surface area contributed by atoms with E-state index < -0.39 is 0 Å². The molecule has 0 spiro atoms. The van der Waals surface area contributed by atoms with Crippen LogP contribution in [0.4, 0.5) is 0 Å². The number of hydrogen-bond donors (Lipinski definition) is 0. The Hall–Kier alpha value is -5.60. The first-order valence-electron chi connectivity index (χ1n) is 17.5. The van der Waals surface area contributed by atoms with Gasteiger partial charge in [-0.1, -0.05) is 72.8 Å². The molecule has 0 N–H and O–H groups in total. The van der Waals surface area contributed by atoms with E-state index in [2.05, 4.69) is 48.5 Å². The average Bonchev–Trinajstić information content (AvgIpc) is 3.52. The largest absolute Gasteiger partial charge is 0.456 e. The predicted molar refractivity (Wildman–Crippen MR) is 193 cm³/mol. The number of furan rings is 1. The van der Waals surface area contributed by atoms with E-state index in [1.807, 2.05) is 72.8 Å². The van der Waals surface area contributed by atoms with Crippen molar-refractivity contribution in [2.45, 2.75) is 43.9 Å². The summed E-state index contributed by atoms with van der Waals surface area (Å²) in [5, 5.41) is 12.3. The first kappa shape index (κ1) is 28.4. The highest BCUT2D eigenvalue weighted by Crippen LogP contribution is 2.61. The fourth-order valence-corrected chi connectivity index (χ4v) is 9.70. The first-order valence-corrected chi connectivity index (χ1v) is 17.5. The molecule has 236 valence electrons. The fourth-order valence-electron chi connectivity index (χ4n) is 9.70. The number of nitriles is 1. The zero-order valence-corrected chi connectivity index (χ0v) is 27.1. The standard InChI is InChI=1S/C44H34N4O/c45-26-30-18-34(32-9-6-10-36(21-32)44-23-27-15-28(24-44)17-29(16-27)25-44)20-35(19-30)43-47-41(31-7-2-1-3-8-31)46-42(48-43)33-13-14-40-38(22-33)37-11-4-5-12-39(37)49-40/h1-14,18-22,27-29H,15-17,23-25H2/t27-,28+,29-,44?. The van der Waals surface area contributed by atoms with Crippen molar-refractivity contribution < 1.29 is 4.42 Å². The minimum atomic E-state index is 0.301. The van der Waals surface area contributed by atoms with Gasteiger partial charge in [0.2, 0.25) is 0 Å². The Balaban J connectivity index is 1.10. The van der Waals surface area contributed by atoms with Crippen LogP contribution in [-0.4, -0.2) is 15.0 Å². The Bertz CT molecular complexity index is 2420. The third-order valence-electron chi connectivity index (χ3n) is 11.5. The van der Waals surface area contributed by atoms with Crippen molar-refractivity contribution in [2.24, 2.45) is 17.8 Å². The van der Waals surface area contributed by atoms with Crippen molar-refractivity contribution in [3.05, 3.63) is 126 Å². The van der Waals surface area contributed by atoms with E-state index in [4.69, 9.17) is 19.4 Å². The van der Waals surface area contributed by atoms with Crippen molar-refractivity contribution in [1.29, 1.82) is 5.26 Å². The summed E-state index contributed by atoms with van der Waals surface area (Å²) in [6, 6.07) is 41.8. The molecule has 5 heteroatoms. The third kappa shape index (κ3) is 4.85. The molecule has 0 unspecified atom stereocenters. The molecule has 4 bridgehead atoms. The quantitative estimate of drug-likeness (QED) is 0.188. The molecule has 7 aromatic rings. The second-order valence-corrected chi connectivity index (χ2v) is 14.7. The Morgan fingerprint density at radius 1 is 0.531 bits per heavy atom. The van der Waals surface area contributed by atoms with Crippen LogP contribution in [0.5, 0.6) is 0 Å². The maximum atomic E-state index is 10.2. The Morgan fingerprint density at radius 2 is 1.16 bits per heavy atom. The molecule has 2 heterocycles. The van der Waals surface area contributed by atoms with Crippen LogP contribution < -0.4 is 0 Å².